The molecule has 0 aromatic heterocycles. The molecule has 0 saturated carbocycles. The number of benzene rings is 2. The van der Waals surface area contributed by atoms with Gasteiger partial charge in [0.2, 0.25) is 0 Å². The zero-order valence-electron chi connectivity index (χ0n) is 12.1. The van der Waals surface area contributed by atoms with E-state index in [-0.39, 0.29) is 20.1 Å². The van der Waals surface area contributed by atoms with Gasteiger partial charge in [0, 0.05) is 24.3 Å². The van der Waals surface area contributed by atoms with Gasteiger partial charge < -0.3 is 9.47 Å². The van der Waals surface area contributed by atoms with Gasteiger partial charge in [-0.25, -0.2) is 4.79 Å². The third-order valence-corrected chi connectivity index (χ3v) is 3.88. The average Bonchev–Trinajstić information content (AvgIpc) is 2.53. The van der Waals surface area contributed by atoms with Crippen molar-refractivity contribution < 1.29 is 24.1 Å². The minimum atomic E-state index is -1.37. The van der Waals surface area contributed by atoms with Crippen molar-refractivity contribution in [1.29, 1.82) is 0 Å². The zero-order valence-corrected chi connectivity index (χ0v) is 15.1. The van der Waals surface area contributed by atoms with Gasteiger partial charge >= 0.3 is 6.16 Å². The first-order chi connectivity index (χ1) is 12.1. The molecule has 0 N–H and O–H groups in total. The summed E-state index contributed by atoms with van der Waals surface area (Å²) in [6.45, 7) is 0. The summed E-state index contributed by atoms with van der Waals surface area (Å²) in [5.74, 6) is -0.781. The largest absolute Gasteiger partial charge is 0.519 e. The van der Waals surface area contributed by atoms with Crippen LogP contribution < -0.4 is 9.47 Å². The van der Waals surface area contributed by atoms with E-state index in [0.717, 1.165) is 24.3 Å². The zero-order chi connectivity index (χ0) is 19.6. The molecule has 136 valence electrons. The molecule has 0 radical (unpaired) electrons. The van der Waals surface area contributed by atoms with Crippen LogP contribution in [0.4, 0.5) is 16.2 Å². The number of carbonyl (C=O) groups is 1. The van der Waals surface area contributed by atoms with Gasteiger partial charge in [-0.3, -0.25) is 20.2 Å². The summed E-state index contributed by atoms with van der Waals surface area (Å²) in [7, 11) is 0. The molecule has 13 heteroatoms. The Morgan fingerprint density at radius 1 is 0.731 bits per heavy atom. The Morgan fingerprint density at radius 3 is 1.23 bits per heavy atom. The van der Waals surface area contributed by atoms with Gasteiger partial charge in [-0.2, -0.15) is 0 Å². The monoisotopic (exact) mass is 440 g/mol. The molecule has 0 fully saturated rings. The minimum Gasteiger partial charge on any atom is -0.391 e. The maximum Gasteiger partial charge on any atom is 0.519 e. The standard InChI is InChI=1S/C13H4Cl4N2O7/c14-7-1-5(18(21)22)2-8(15)11(7)25-13(20)26-12-9(16)3-6(19(23)24)4-10(12)17/h1-4H. The lowest BCUT2D eigenvalue weighted by Gasteiger charge is -2.10. The Kier molecular flexibility index (Phi) is 6.09. The summed E-state index contributed by atoms with van der Waals surface area (Å²) in [4.78, 5) is 31.8. The Bertz CT molecular complexity index is 815. The van der Waals surface area contributed by atoms with Crippen molar-refractivity contribution in [3.63, 3.8) is 0 Å². The van der Waals surface area contributed by atoms with Gasteiger partial charge in [-0.1, -0.05) is 46.4 Å². The highest BCUT2D eigenvalue weighted by Crippen LogP contribution is 2.39. The second-order valence-corrected chi connectivity index (χ2v) is 6.07. The SMILES string of the molecule is O=C(Oc1c(Cl)cc([N+](=O)[O-])cc1Cl)Oc1c(Cl)cc([N+](=O)[O-])cc1Cl. The third kappa shape index (κ3) is 4.44. The molecule has 0 aliphatic heterocycles. The van der Waals surface area contributed by atoms with E-state index in [1.54, 1.807) is 0 Å². The van der Waals surface area contributed by atoms with E-state index < -0.39 is 38.9 Å². The van der Waals surface area contributed by atoms with E-state index >= 15 is 0 Å². The van der Waals surface area contributed by atoms with Crippen molar-refractivity contribution in [3.8, 4) is 11.5 Å². The van der Waals surface area contributed by atoms with Crippen LogP contribution in [-0.2, 0) is 0 Å². The molecular formula is C13H4Cl4N2O7. The van der Waals surface area contributed by atoms with Crippen LogP contribution in [0.15, 0.2) is 24.3 Å². The molecule has 0 bridgehead atoms. The molecule has 0 amide bonds. The van der Waals surface area contributed by atoms with Crippen LogP contribution >= 0.6 is 46.4 Å². The fourth-order valence-corrected chi connectivity index (χ4v) is 2.79. The summed E-state index contributed by atoms with van der Waals surface area (Å²) in [6, 6.07) is 3.67. The summed E-state index contributed by atoms with van der Waals surface area (Å²) >= 11 is 23.2. The van der Waals surface area contributed by atoms with Crippen molar-refractivity contribution in [2.45, 2.75) is 0 Å². The molecule has 26 heavy (non-hydrogen) atoms. The topological polar surface area (TPSA) is 122 Å². The quantitative estimate of drug-likeness (QED) is 0.258. The number of carbonyl (C=O) groups excluding carboxylic acids is 1. The van der Waals surface area contributed by atoms with Crippen LogP contribution in [0.2, 0.25) is 20.1 Å². The van der Waals surface area contributed by atoms with Crippen LogP contribution in [0, 0.1) is 20.2 Å². The van der Waals surface area contributed by atoms with Gasteiger partial charge in [0.1, 0.15) is 0 Å². The molecule has 0 unspecified atom stereocenters. The summed E-state index contributed by atoms with van der Waals surface area (Å²) in [6.07, 6.45) is -1.37. The first-order valence-electron chi connectivity index (χ1n) is 6.26. The van der Waals surface area contributed by atoms with Crippen LogP contribution in [0.3, 0.4) is 0 Å². The highest BCUT2D eigenvalue weighted by Gasteiger charge is 2.22. The molecule has 0 saturated heterocycles. The van der Waals surface area contributed by atoms with E-state index in [9.17, 15) is 25.0 Å². The first-order valence-corrected chi connectivity index (χ1v) is 7.78. The molecule has 2 aromatic rings. The second kappa shape index (κ2) is 7.92. The number of ether oxygens (including phenoxy) is 2. The smallest absolute Gasteiger partial charge is 0.391 e. The van der Waals surface area contributed by atoms with Gasteiger partial charge in [0.05, 0.1) is 29.9 Å². The molecule has 0 spiro atoms. The Morgan fingerprint density at radius 2 is 1.00 bits per heavy atom. The molecule has 0 atom stereocenters. The summed E-state index contributed by atoms with van der Waals surface area (Å²) in [5.41, 5.74) is -0.829. The first kappa shape index (κ1) is 20.0. The Hall–Kier alpha value is -2.33. The molecule has 2 aromatic carbocycles. The van der Waals surface area contributed by atoms with Crippen LogP contribution in [-0.4, -0.2) is 16.0 Å². The lowest BCUT2D eigenvalue weighted by molar-refractivity contribution is -0.385. The summed E-state index contributed by atoms with van der Waals surface area (Å²) in [5, 5.41) is 20.1. The van der Waals surface area contributed by atoms with E-state index in [2.05, 4.69) is 0 Å². The van der Waals surface area contributed by atoms with Crippen molar-refractivity contribution in [1.82, 2.24) is 0 Å². The molecule has 0 aliphatic carbocycles. The van der Waals surface area contributed by atoms with Crippen molar-refractivity contribution in [3.05, 3.63) is 64.6 Å². The normalized spacial score (nSPS) is 10.3. The van der Waals surface area contributed by atoms with Gasteiger partial charge in [-0.05, 0) is 0 Å². The molecule has 9 nitrogen and oxygen atoms in total. The van der Waals surface area contributed by atoms with Crippen molar-refractivity contribution in [2.75, 3.05) is 0 Å². The average molecular weight is 442 g/mol. The van der Waals surface area contributed by atoms with Crippen LogP contribution in [0.25, 0.3) is 0 Å². The number of non-ortho nitro benzene ring substituents is 2. The number of nitro benzene ring substituents is 2. The lowest BCUT2D eigenvalue weighted by Crippen LogP contribution is -2.15. The number of halogens is 4. The molecule has 2 rings (SSSR count). The fourth-order valence-electron chi connectivity index (χ4n) is 1.69. The number of rotatable bonds is 4. The van der Waals surface area contributed by atoms with E-state index in [4.69, 9.17) is 55.9 Å². The number of hydrogen-bond acceptors (Lipinski definition) is 7. The van der Waals surface area contributed by atoms with Crippen molar-refractivity contribution in [2.24, 2.45) is 0 Å². The Labute approximate surface area is 164 Å². The highest BCUT2D eigenvalue weighted by atomic mass is 35.5. The highest BCUT2D eigenvalue weighted by molar-refractivity contribution is 6.38. The van der Waals surface area contributed by atoms with Gasteiger partial charge in [0.15, 0.2) is 11.5 Å². The predicted molar refractivity (Wildman–Crippen MR) is 92.9 cm³/mol. The summed E-state index contributed by atoms with van der Waals surface area (Å²) < 4.78 is 9.61. The second-order valence-electron chi connectivity index (χ2n) is 4.45. The molecule has 0 heterocycles. The van der Waals surface area contributed by atoms with Gasteiger partial charge in [0.25, 0.3) is 11.4 Å². The third-order valence-electron chi connectivity index (χ3n) is 2.76. The fraction of sp³-hybridized carbons (Fsp3) is 0. The lowest BCUT2D eigenvalue weighted by atomic mass is 10.3. The number of nitro groups is 2. The maximum atomic E-state index is 11.9. The molecule has 0 aliphatic rings. The minimum absolute atomic E-state index is 0.318. The molecular weight excluding hydrogens is 438 g/mol. The number of hydrogen-bond donors (Lipinski definition) is 0. The predicted octanol–water partition coefficient (Wildman–Crippen LogP) is 5.69. The van der Waals surface area contributed by atoms with Crippen LogP contribution in [0.5, 0.6) is 11.5 Å². The van der Waals surface area contributed by atoms with Gasteiger partial charge in [-0.15, -0.1) is 0 Å². The van der Waals surface area contributed by atoms with E-state index in [1.807, 2.05) is 0 Å². The maximum absolute atomic E-state index is 11.9. The van der Waals surface area contributed by atoms with E-state index in [0.29, 0.717) is 0 Å². The van der Waals surface area contributed by atoms with Crippen molar-refractivity contribution >= 4 is 63.9 Å². The van der Waals surface area contributed by atoms with Crippen LogP contribution in [0.1, 0.15) is 0 Å². The van der Waals surface area contributed by atoms with E-state index in [1.165, 1.54) is 0 Å². The Balaban J connectivity index is 2.25. The number of nitrogens with zero attached hydrogens (tertiary/aromatic N) is 2.